The zero-order valence-electron chi connectivity index (χ0n) is 14.0. The molecule has 128 valence electrons. The number of nitrogens with one attached hydrogen (secondary N) is 1. The van der Waals surface area contributed by atoms with Crippen molar-refractivity contribution in [3.8, 4) is 0 Å². The molecule has 0 spiro atoms. The lowest BCUT2D eigenvalue weighted by molar-refractivity contribution is 0.0526. The van der Waals surface area contributed by atoms with E-state index in [0.29, 0.717) is 24.0 Å². The minimum absolute atomic E-state index is 0.251. The Morgan fingerprint density at radius 1 is 1.24 bits per heavy atom. The fraction of sp³-hybridized carbons (Fsp3) is 0.286. The van der Waals surface area contributed by atoms with Gasteiger partial charge in [-0.1, -0.05) is 40.2 Å². The summed E-state index contributed by atoms with van der Waals surface area (Å²) in [5.74, 6) is 0.546. The first-order valence-electron chi connectivity index (χ1n) is 8.67. The van der Waals surface area contributed by atoms with Crippen LogP contribution in [0, 0.1) is 5.92 Å². The molecule has 3 unspecified atom stereocenters. The summed E-state index contributed by atoms with van der Waals surface area (Å²) < 4.78 is 6.24. The van der Waals surface area contributed by atoms with Crippen LogP contribution >= 0.6 is 15.9 Å². The number of hydrogen-bond acceptors (Lipinski definition) is 3. The van der Waals surface area contributed by atoms with Crippen LogP contribution in [0.2, 0.25) is 0 Å². The largest absolute Gasteiger partial charge is 0.462 e. The highest BCUT2D eigenvalue weighted by Crippen LogP contribution is 2.50. The topological polar surface area (TPSA) is 38.3 Å². The van der Waals surface area contributed by atoms with Crippen LogP contribution in [0.4, 0.5) is 5.69 Å². The number of rotatable bonds is 3. The van der Waals surface area contributed by atoms with Gasteiger partial charge in [-0.05, 0) is 60.7 Å². The fourth-order valence-electron chi connectivity index (χ4n) is 3.94. The number of carbonyl (C=O) groups excluding carboxylic acids is 1. The molecule has 3 nitrogen and oxygen atoms in total. The van der Waals surface area contributed by atoms with Crippen molar-refractivity contribution in [1.82, 2.24) is 0 Å². The second kappa shape index (κ2) is 6.68. The highest BCUT2D eigenvalue weighted by atomic mass is 79.9. The molecule has 2 aromatic carbocycles. The van der Waals surface area contributed by atoms with Crippen molar-refractivity contribution in [1.29, 1.82) is 0 Å². The van der Waals surface area contributed by atoms with Crippen LogP contribution < -0.4 is 5.32 Å². The highest BCUT2D eigenvalue weighted by Gasteiger charge is 2.38. The Morgan fingerprint density at radius 2 is 2.04 bits per heavy atom. The van der Waals surface area contributed by atoms with Gasteiger partial charge in [-0.25, -0.2) is 4.79 Å². The molecule has 0 fully saturated rings. The van der Waals surface area contributed by atoms with Crippen molar-refractivity contribution in [2.45, 2.75) is 25.3 Å². The van der Waals surface area contributed by atoms with Gasteiger partial charge in [-0.3, -0.25) is 0 Å². The molecule has 0 saturated carbocycles. The van der Waals surface area contributed by atoms with Gasteiger partial charge < -0.3 is 10.1 Å². The Bertz CT molecular complexity index is 828. The van der Waals surface area contributed by atoms with Crippen LogP contribution in [0.1, 0.15) is 46.8 Å². The molecule has 4 heteroatoms. The second-order valence-corrected chi connectivity index (χ2v) is 7.47. The molecule has 0 saturated heterocycles. The van der Waals surface area contributed by atoms with Crippen LogP contribution in [0.5, 0.6) is 0 Å². The molecule has 25 heavy (non-hydrogen) atoms. The Balaban J connectivity index is 1.71. The van der Waals surface area contributed by atoms with Gasteiger partial charge in [0.05, 0.1) is 18.2 Å². The summed E-state index contributed by atoms with van der Waals surface area (Å²) >= 11 is 3.51. The first-order chi connectivity index (χ1) is 12.2. The summed E-state index contributed by atoms with van der Waals surface area (Å²) in [7, 11) is 0. The number of esters is 1. The molecule has 3 atom stereocenters. The minimum atomic E-state index is -0.251. The first-order valence-corrected chi connectivity index (χ1v) is 9.46. The van der Waals surface area contributed by atoms with Crippen LogP contribution in [-0.2, 0) is 4.74 Å². The predicted octanol–water partition coefficient (Wildman–Crippen LogP) is 5.45. The lowest BCUT2D eigenvalue weighted by Crippen LogP contribution is -2.29. The van der Waals surface area contributed by atoms with Crippen molar-refractivity contribution in [3.63, 3.8) is 0 Å². The third kappa shape index (κ3) is 2.99. The van der Waals surface area contributed by atoms with Crippen molar-refractivity contribution < 1.29 is 9.53 Å². The average Bonchev–Trinajstić information content (AvgIpc) is 3.11. The molecule has 2 aliphatic rings. The van der Waals surface area contributed by atoms with E-state index in [0.717, 1.165) is 16.6 Å². The molecule has 1 N–H and O–H groups in total. The van der Waals surface area contributed by atoms with Crippen molar-refractivity contribution in [2.24, 2.45) is 5.92 Å². The van der Waals surface area contributed by atoms with E-state index in [2.05, 4.69) is 57.7 Å². The summed E-state index contributed by atoms with van der Waals surface area (Å²) in [6.45, 7) is 2.22. The van der Waals surface area contributed by atoms with Crippen LogP contribution in [0.3, 0.4) is 0 Å². The summed E-state index contributed by atoms with van der Waals surface area (Å²) in [6.07, 6.45) is 5.58. The van der Waals surface area contributed by atoms with Gasteiger partial charge in [-0.2, -0.15) is 0 Å². The minimum Gasteiger partial charge on any atom is -0.462 e. The number of anilines is 1. The Hall–Kier alpha value is -2.07. The highest BCUT2D eigenvalue weighted by molar-refractivity contribution is 9.10. The van der Waals surface area contributed by atoms with E-state index in [1.54, 1.807) is 0 Å². The van der Waals surface area contributed by atoms with E-state index in [4.69, 9.17) is 4.74 Å². The number of ether oxygens (including phenoxy) is 1. The lowest BCUT2D eigenvalue weighted by atomic mass is 9.76. The Labute approximate surface area is 156 Å². The molecule has 0 radical (unpaired) electrons. The Morgan fingerprint density at radius 3 is 2.80 bits per heavy atom. The number of hydrogen-bond donors (Lipinski definition) is 1. The molecule has 1 aliphatic heterocycles. The van der Waals surface area contributed by atoms with Crippen molar-refractivity contribution >= 4 is 27.6 Å². The molecule has 1 aliphatic carbocycles. The molecule has 4 rings (SSSR count). The van der Waals surface area contributed by atoms with Crippen LogP contribution in [-0.4, -0.2) is 12.6 Å². The van der Waals surface area contributed by atoms with Crippen molar-refractivity contribution in [3.05, 3.63) is 75.8 Å². The summed E-state index contributed by atoms with van der Waals surface area (Å²) in [5.41, 5.74) is 4.22. The molecule has 2 aromatic rings. The zero-order chi connectivity index (χ0) is 17.4. The Kier molecular flexibility index (Phi) is 4.38. The third-order valence-electron chi connectivity index (χ3n) is 5.10. The van der Waals surface area contributed by atoms with E-state index < -0.39 is 0 Å². The third-order valence-corrected chi connectivity index (χ3v) is 5.63. The molecular formula is C21H20BrNO2. The standard InChI is InChI=1S/C21H20BrNO2/c1-2-25-21(24)14-8-11-19-18(12-14)16-4-3-5-17(16)20(23-19)13-6-9-15(22)10-7-13/h3-4,6-12,16-17,20,23H,2,5H2,1H3. The molecule has 0 amide bonds. The summed E-state index contributed by atoms with van der Waals surface area (Å²) in [6, 6.07) is 14.7. The van der Waals surface area contributed by atoms with Crippen LogP contribution in [0.15, 0.2) is 59.1 Å². The maximum atomic E-state index is 12.1. The summed E-state index contributed by atoms with van der Waals surface area (Å²) in [4.78, 5) is 12.1. The van der Waals surface area contributed by atoms with Crippen molar-refractivity contribution in [2.75, 3.05) is 11.9 Å². The normalized spacial score (nSPS) is 23.5. The summed E-state index contributed by atoms with van der Waals surface area (Å²) in [5, 5.41) is 3.69. The van der Waals surface area contributed by atoms with Gasteiger partial charge in [0.15, 0.2) is 0 Å². The number of carbonyl (C=O) groups is 1. The molecule has 0 bridgehead atoms. The van der Waals surface area contributed by atoms with Gasteiger partial charge >= 0.3 is 5.97 Å². The number of halogens is 1. The van der Waals surface area contributed by atoms with Gasteiger partial charge in [0.1, 0.15) is 0 Å². The number of fused-ring (bicyclic) bond motifs is 3. The zero-order valence-corrected chi connectivity index (χ0v) is 15.6. The number of benzene rings is 2. The van der Waals surface area contributed by atoms with E-state index in [1.807, 2.05) is 25.1 Å². The molecular weight excluding hydrogens is 378 g/mol. The van der Waals surface area contributed by atoms with E-state index in [1.165, 1.54) is 11.1 Å². The first kappa shape index (κ1) is 16.4. The smallest absolute Gasteiger partial charge is 0.338 e. The van der Waals surface area contributed by atoms with Crippen LogP contribution in [0.25, 0.3) is 0 Å². The second-order valence-electron chi connectivity index (χ2n) is 6.55. The fourth-order valence-corrected chi connectivity index (χ4v) is 4.20. The van der Waals surface area contributed by atoms with Gasteiger partial charge in [0.25, 0.3) is 0 Å². The SMILES string of the molecule is CCOC(=O)c1ccc2c(c1)C1C=CCC1C(c1ccc(Br)cc1)N2. The maximum absolute atomic E-state index is 12.1. The molecule has 0 aromatic heterocycles. The quantitative estimate of drug-likeness (QED) is 0.552. The van der Waals surface area contributed by atoms with Gasteiger partial charge in [-0.15, -0.1) is 0 Å². The predicted molar refractivity (Wildman–Crippen MR) is 103 cm³/mol. The van der Waals surface area contributed by atoms with Gasteiger partial charge in [0, 0.05) is 16.1 Å². The van der Waals surface area contributed by atoms with Gasteiger partial charge in [0.2, 0.25) is 0 Å². The maximum Gasteiger partial charge on any atom is 0.338 e. The monoisotopic (exact) mass is 397 g/mol. The van der Waals surface area contributed by atoms with E-state index in [-0.39, 0.29) is 12.0 Å². The number of allylic oxidation sites excluding steroid dienone is 2. The average molecular weight is 398 g/mol. The molecule has 1 heterocycles. The van der Waals surface area contributed by atoms with E-state index in [9.17, 15) is 4.79 Å². The lowest BCUT2D eigenvalue weighted by Gasteiger charge is -2.37. The van der Waals surface area contributed by atoms with E-state index >= 15 is 0 Å².